The summed E-state index contributed by atoms with van der Waals surface area (Å²) in [5.74, 6) is -0.0558. The number of ether oxygens (including phenoxy) is 2. The van der Waals surface area contributed by atoms with E-state index < -0.39 is 11.9 Å². The van der Waals surface area contributed by atoms with E-state index in [1.807, 2.05) is 41.3 Å². The molecule has 0 saturated carbocycles. The van der Waals surface area contributed by atoms with Crippen LogP contribution in [0.15, 0.2) is 42.5 Å². The van der Waals surface area contributed by atoms with Gasteiger partial charge in [-0.05, 0) is 54.5 Å². The average molecular weight is 539 g/mol. The summed E-state index contributed by atoms with van der Waals surface area (Å²) in [7, 11) is 1.64. The summed E-state index contributed by atoms with van der Waals surface area (Å²) in [6, 6.07) is 13.5. The molecule has 8 nitrogen and oxygen atoms in total. The number of benzene rings is 2. The summed E-state index contributed by atoms with van der Waals surface area (Å²) in [5.41, 5.74) is 3.14. The second-order valence-corrected chi connectivity index (χ2v) is 10.6. The van der Waals surface area contributed by atoms with Crippen molar-refractivity contribution in [2.24, 2.45) is 5.92 Å². The van der Waals surface area contributed by atoms with Crippen molar-refractivity contribution in [3.8, 4) is 11.5 Å². The largest absolute Gasteiger partial charge is 0.496 e. The summed E-state index contributed by atoms with van der Waals surface area (Å²) < 4.78 is 11.2. The van der Waals surface area contributed by atoms with Crippen LogP contribution < -0.4 is 9.47 Å². The van der Waals surface area contributed by atoms with Gasteiger partial charge in [0.2, 0.25) is 5.91 Å². The normalized spacial score (nSPS) is 20.4. The number of carbonyl (C=O) groups is 2. The van der Waals surface area contributed by atoms with Gasteiger partial charge in [0.25, 0.3) is 0 Å². The zero-order chi connectivity index (χ0) is 27.8. The highest BCUT2D eigenvalue weighted by molar-refractivity contribution is 5.79. The minimum atomic E-state index is -0.833. The third kappa shape index (κ3) is 6.92. The van der Waals surface area contributed by atoms with Crippen molar-refractivity contribution in [3.63, 3.8) is 0 Å². The topological polar surface area (TPSA) is 99.5 Å². The van der Waals surface area contributed by atoms with Gasteiger partial charge in [-0.2, -0.15) is 0 Å². The molecule has 2 aromatic rings. The summed E-state index contributed by atoms with van der Waals surface area (Å²) in [6.07, 6.45) is 4.47. The quantitative estimate of drug-likeness (QED) is 0.378. The van der Waals surface area contributed by atoms with E-state index in [0.29, 0.717) is 45.5 Å². The monoisotopic (exact) mass is 538 g/mol. The first-order valence-electron chi connectivity index (χ1n) is 14.2. The summed E-state index contributed by atoms with van der Waals surface area (Å²) in [6.45, 7) is 4.59. The van der Waals surface area contributed by atoms with Gasteiger partial charge in [0.1, 0.15) is 11.5 Å². The van der Waals surface area contributed by atoms with Gasteiger partial charge >= 0.3 is 5.97 Å². The van der Waals surface area contributed by atoms with Crippen LogP contribution in [0.25, 0.3) is 0 Å². The van der Waals surface area contributed by atoms with Gasteiger partial charge in [0.05, 0.1) is 26.2 Å². The molecule has 39 heavy (non-hydrogen) atoms. The van der Waals surface area contributed by atoms with Gasteiger partial charge in [-0.15, -0.1) is 0 Å². The number of aliphatic hydroxyl groups excluding tert-OH is 1. The third-order valence-electron chi connectivity index (χ3n) is 8.14. The van der Waals surface area contributed by atoms with Gasteiger partial charge in [-0.3, -0.25) is 14.5 Å². The van der Waals surface area contributed by atoms with E-state index in [1.54, 1.807) is 7.11 Å². The number of carbonyl (C=O) groups excluding carboxylic acids is 1. The lowest BCUT2D eigenvalue weighted by atomic mass is 9.83. The molecule has 0 spiro atoms. The van der Waals surface area contributed by atoms with E-state index >= 15 is 0 Å². The number of hydrogen-bond acceptors (Lipinski definition) is 6. The number of carboxylic acids is 1. The molecule has 0 bridgehead atoms. The number of aryl methyl sites for hydroxylation is 1. The number of nitrogens with zero attached hydrogens (tertiary/aromatic N) is 2. The van der Waals surface area contributed by atoms with Crippen LogP contribution in [0.5, 0.6) is 11.5 Å². The lowest BCUT2D eigenvalue weighted by molar-refractivity contribution is -0.143. The van der Waals surface area contributed by atoms with Gasteiger partial charge in [0.15, 0.2) is 0 Å². The molecule has 0 aromatic heterocycles. The SMILES string of the molecule is CCCCN(CCCO)C(=O)CN1C[C@H](c2ccc3c(c2)CCO3)[C@@H](C(=O)O)[C@@H]1CCc1ccccc1OC. The number of amides is 1. The minimum Gasteiger partial charge on any atom is -0.496 e. The lowest BCUT2D eigenvalue weighted by Crippen LogP contribution is -2.45. The maximum atomic E-state index is 13.5. The number of fused-ring (bicyclic) bond motifs is 1. The molecule has 0 aliphatic carbocycles. The van der Waals surface area contributed by atoms with Crippen molar-refractivity contribution in [2.75, 3.05) is 46.5 Å². The van der Waals surface area contributed by atoms with E-state index in [4.69, 9.17) is 9.47 Å². The molecule has 2 heterocycles. The fraction of sp³-hybridized carbons (Fsp3) is 0.548. The number of aliphatic hydroxyl groups is 1. The third-order valence-corrected chi connectivity index (χ3v) is 8.14. The Bertz CT molecular complexity index is 1110. The van der Waals surface area contributed by atoms with Gasteiger partial charge in [0, 0.05) is 44.6 Å². The lowest BCUT2D eigenvalue weighted by Gasteiger charge is -2.30. The molecule has 1 fully saturated rings. The average Bonchev–Trinajstić information content (AvgIpc) is 3.56. The van der Waals surface area contributed by atoms with Crippen LogP contribution >= 0.6 is 0 Å². The van der Waals surface area contributed by atoms with E-state index in [1.165, 1.54) is 0 Å². The Balaban J connectivity index is 1.61. The molecule has 1 saturated heterocycles. The number of aliphatic carboxylic acids is 1. The van der Waals surface area contributed by atoms with E-state index in [0.717, 1.165) is 47.5 Å². The zero-order valence-corrected chi connectivity index (χ0v) is 23.2. The molecule has 2 aromatic carbocycles. The molecular weight excluding hydrogens is 496 g/mol. The second kappa shape index (κ2) is 13.8. The molecule has 8 heteroatoms. The first kappa shape index (κ1) is 28.9. The highest BCUT2D eigenvalue weighted by Gasteiger charge is 2.47. The Morgan fingerprint density at radius 1 is 1.15 bits per heavy atom. The van der Waals surface area contributed by atoms with Gasteiger partial charge < -0.3 is 24.6 Å². The van der Waals surface area contributed by atoms with Crippen LogP contribution in [0.3, 0.4) is 0 Å². The summed E-state index contributed by atoms with van der Waals surface area (Å²) in [5, 5.41) is 19.9. The number of unbranched alkanes of at least 4 members (excludes halogenated alkanes) is 1. The number of hydrogen-bond donors (Lipinski definition) is 2. The fourth-order valence-electron chi connectivity index (χ4n) is 6.09. The summed E-state index contributed by atoms with van der Waals surface area (Å²) >= 11 is 0. The van der Waals surface area contributed by atoms with Crippen molar-refractivity contribution in [1.82, 2.24) is 9.80 Å². The van der Waals surface area contributed by atoms with E-state index in [-0.39, 0.29) is 31.0 Å². The molecule has 1 amide bonds. The van der Waals surface area contributed by atoms with Crippen molar-refractivity contribution in [1.29, 1.82) is 0 Å². The molecule has 2 aliphatic heterocycles. The summed E-state index contributed by atoms with van der Waals surface area (Å²) in [4.78, 5) is 30.2. The van der Waals surface area contributed by atoms with E-state index in [9.17, 15) is 19.8 Å². The Morgan fingerprint density at radius 3 is 2.69 bits per heavy atom. The molecule has 2 aliphatic rings. The molecule has 4 rings (SSSR count). The molecule has 3 atom stereocenters. The van der Waals surface area contributed by atoms with Gasteiger partial charge in [-0.1, -0.05) is 43.7 Å². The van der Waals surface area contributed by atoms with Crippen molar-refractivity contribution >= 4 is 11.9 Å². The smallest absolute Gasteiger partial charge is 0.308 e. The number of para-hydroxylation sites is 1. The number of likely N-dealkylation sites (tertiary alicyclic amines) is 1. The maximum Gasteiger partial charge on any atom is 0.308 e. The molecular formula is C31H42N2O6. The molecule has 212 valence electrons. The van der Waals surface area contributed by atoms with Crippen molar-refractivity contribution < 1.29 is 29.3 Å². The Hall–Kier alpha value is -3.10. The zero-order valence-electron chi connectivity index (χ0n) is 23.2. The van der Waals surface area contributed by atoms with Gasteiger partial charge in [-0.25, -0.2) is 0 Å². The number of carboxylic acid groups (broad SMARTS) is 1. The molecule has 0 radical (unpaired) electrons. The van der Waals surface area contributed by atoms with Crippen molar-refractivity contribution in [2.45, 2.75) is 57.4 Å². The highest BCUT2D eigenvalue weighted by Crippen LogP contribution is 2.41. The van der Waals surface area contributed by atoms with E-state index in [2.05, 4.69) is 17.9 Å². The predicted octanol–water partition coefficient (Wildman–Crippen LogP) is 3.74. The van der Waals surface area contributed by atoms with Crippen LogP contribution in [-0.2, 0) is 22.4 Å². The maximum absolute atomic E-state index is 13.5. The Labute approximate surface area is 231 Å². The predicted molar refractivity (Wildman–Crippen MR) is 149 cm³/mol. The second-order valence-electron chi connectivity index (χ2n) is 10.6. The van der Waals surface area contributed by atoms with Crippen LogP contribution in [0, 0.1) is 5.92 Å². The first-order chi connectivity index (χ1) is 19.0. The molecule has 0 unspecified atom stereocenters. The Kier molecular flexibility index (Phi) is 10.2. The van der Waals surface area contributed by atoms with Crippen LogP contribution in [0.4, 0.5) is 0 Å². The van der Waals surface area contributed by atoms with Crippen LogP contribution in [0.1, 0.15) is 55.2 Å². The fourth-order valence-corrected chi connectivity index (χ4v) is 6.09. The number of methoxy groups -OCH3 is 1. The van der Waals surface area contributed by atoms with Crippen LogP contribution in [-0.4, -0.2) is 84.4 Å². The Morgan fingerprint density at radius 2 is 1.95 bits per heavy atom. The minimum absolute atomic E-state index is 0.00802. The standard InChI is InChI=1S/C31H42N2O6/c1-3-4-15-32(16-7-17-34)29(35)21-33-20-25(23-11-13-28-24(19-23)14-18-39-28)30(31(36)37)26(33)12-10-22-8-5-6-9-27(22)38-2/h5-6,8-9,11,13,19,25-26,30,34H,3-4,7,10,12,14-18,20-21H2,1-2H3,(H,36,37)/t25-,26+,30-/m1/s1. The highest BCUT2D eigenvalue weighted by atomic mass is 16.5. The number of rotatable bonds is 14. The van der Waals surface area contributed by atoms with Crippen LogP contribution in [0.2, 0.25) is 0 Å². The molecule has 2 N–H and O–H groups in total. The van der Waals surface area contributed by atoms with Crippen molar-refractivity contribution in [3.05, 3.63) is 59.2 Å². The first-order valence-corrected chi connectivity index (χ1v) is 14.2.